The lowest BCUT2D eigenvalue weighted by atomic mass is 10.2. The Bertz CT molecular complexity index is 335. The third-order valence-corrected chi connectivity index (χ3v) is 1.89. The van der Waals surface area contributed by atoms with E-state index >= 15 is 0 Å². The summed E-state index contributed by atoms with van der Waals surface area (Å²) in [6.07, 6.45) is -2.54. The predicted octanol–water partition coefficient (Wildman–Crippen LogP) is 1.02. The van der Waals surface area contributed by atoms with Crippen molar-refractivity contribution < 1.29 is 13.6 Å². The van der Waals surface area contributed by atoms with Crippen LogP contribution in [0.1, 0.15) is 21.7 Å². The summed E-state index contributed by atoms with van der Waals surface area (Å²) in [4.78, 5) is 11.3. The maximum absolute atomic E-state index is 11.8. The molecule has 0 fully saturated rings. The van der Waals surface area contributed by atoms with Gasteiger partial charge in [-0.25, -0.2) is 8.78 Å². The van der Waals surface area contributed by atoms with Gasteiger partial charge in [-0.1, -0.05) is 0 Å². The van der Waals surface area contributed by atoms with E-state index in [4.69, 9.17) is 0 Å². The number of carbonyl (C=O) groups is 1. The van der Waals surface area contributed by atoms with E-state index in [1.807, 2.05) is 0 Å². The number of carbonyl (C=O) groups excluding carboxylic acids is 1. The normalized spacial score (nSPS) is 10.6. The Kier molecular flexibility index (Phi) is 3.16. The summed E-state index contributed by atoms with van der Waals surface area (Å²) >= 11 is 0. The van der Waals surface area contributed by atoms with Crippen LogP contribution in [-0.2, 0) is 0 Å². The van der Waals surface area contributed by atoms with Crippen LogP contribution in [-0.4, -0.2) is 29.1 Å². The lowest BCUT2D eigenvalue weighted by Crippen LogP contribution is -2.29. The van der Waals surface area contributed by atoms with Gasteiger partial charge in [0.2, 0.25) is 0 Å². The fourth-order valence-corrected chi connectivity index (χ4v) is 0.960. The first-order chi connectivity index (χ1) is 6.52. The molecular weight excluding hydrogens is 192 g/mol. The number of aromatic nitrogens is 2. The van der Waals surface area contributed by atoms with Gasteiger partial charge < -0.3 is 5.32 Å². The van der Waals surface area contributed by atoms with Crippen LogP contribution >= 0.6 is 0 Å². The van der Waals surface area contributed by atoms with Crippen molar-refractivity contribution in [3.8, 4) is 0 Å². The van der Waals surface area contributed by atoms with Crippen molar-refractivity contribution in [2.45, 2.75) is 20.3 Å². The van der Waals surface area contributed by atoms with E-state index in [-0.39, 0.29) is 5.69 Å². The average Bonchev–Trinajstić information content (AvgIpc) is 2.44. The lowest BCUT2D eigenvalue weighted by molar-refractivity contribution is 0.0886. The topological polar surface area (TPSA) is 57.8 Å². The number of hydrogen-bond donors (Lipinski definition) is 2. The molecule has 1 rings (SSSR count). The molecule has 1 heterocycles. The fraction of sp³-hybridized carbons (Fsp3) is 0.500. The largest absolute Gasteiger partial charge is 0.345 e. The highest BCUT2D eigenvalue weighted by Gasteiger charge is 2.15. The van der Waals surface area contributed by atoms with Gasteiger partial charge in [0.15, 0.2) is 5.69 Å². The van der Waals surface area contributed by atoms with Gasteiger partial charge in [-0.15, -0.1) is 0 Å². The van der Waals surface area contributed by atoms with Crippen LogP contribution in [0, 0.1) is 13.8 Å². The first kappa shape index (κ1) is 10.6. The highest BCUT2D eigenvalue weighted by atomic mass is 19.3. The maximum atomic E-state index is 11.8. The lowest BCUT2D eigenvalue weighted by Gasteiger charge is -2.01. The minimum atomic E-state index is -2.54. The van der Waals surface area contributed by atoms with Gasteiger partial charge in [0, 0.05) is 11.3 Å². The van der Waals surface area contributed by atoms with E-state index < -0.39 is 18.9 Å². The number of halogens is 2. The molecule has 0 radical (unpaired) electrons. The standard InChI is InChI=1S/C8H11F2N3O/c1-4-5(2)12-13-7(4)8(14)11-3-6(9)10/h6H,3H2,1-2H3,(H,11,14)(H,12,13). The second-order valence-corrected chi connectivity index (χ2v) is 2.92. The molecular formula is C8H11F2N3O. The van der Waals surface area contributed by atoms with E-state index in [1.54, 1.807) is 13.8 Å². The number of rotatable bonds is 3. The molecule has 0 aromatic carbocycles. The second kappa shape index (κ2) is 4.17. The first-order valence-corrected chi connectivity index (χ1v) is 4.10. The molecule has 4 nitrogen and oxygen atoms in total. The van der Waals surface area contributed by atoms with E-state index in [0.717, 1.165) is 5.69 Å². The zero-order chi connectivity index (χ0) is 10.7. The van der Waals surface area contributed by atoms with Crippen molar-refractivity contribution in [3.63, 3.8) is 0 Å². The zero-order valence-electron chi connectivity index (χ0n) is 7.90. The average molecular weight is 203 g/mol. The molecule has 78 valence electrons. The van der Waals surface area contributed by atoms with Gasteiger partial charge in [-0.2, -0.15) is 5.10 Å². The number of amides is 1. The monoisotopic (exact) mass is 203 g/mol. The molecule has 0 unspecified atom stereocenters. The van der Waals surface area contributed by atoms with Crippen LogP contribution in [0.5, 0.6) is 0 Å². The highest BCUT2D eigenvalue weighted by molar-refractivity contribution is 5.93. The highest BCUT2D eigenvalue weighted by Crippen LogP contribution is 2.07. The van der Waals surface area contributed by atoms with Crippen LogP contribution in [0.25, 0.3) is 0 Å². The molecule has 0 aliphatic rings. The molecule has 0 aliphatic heterocycles. The molecule has 0 bridgehead atoms. The Morgan fingerprint density at radius 1 is 1.57 bits per heavy atom. The number of nitrogens with one attached hydrogen (secondary N) is 2. The summed E-state index contributed by atoms with van der Waals surface area (Å²) < 4.78 is 23.5. The van der Waals surface area contributed by atoms with Gasteiger partial charge >= 0.3 is 0 Å². The van der Waals surface area contributed by atoms with Crippen molar-refractivity contribution in [3.05, 3.63) is 17.0 Å². The molecule has 0 spiro atoms. The summed E-state index contributed by atoms with van der Waals surface area (Å²) in [6.45, 7) is 2.81. The third kappa shape index (κ3) is 2.27. The molecule has 0 atom stereocenters. The molecule has 0 saturated heterocycles. The summed E-state index contributed by atoms with van der Waals surface area (Å²) in [7, 11) is 0. The quantitative estimate of drug-likeness (QED) is 0.770. The van der Waals surface area contributed by atoms with Crippen LogP contribution < -0.4 is 5.32 Å². The first-order valence-electron chi connectivity index (χ1n) is 4.10. The summed E-state index contributed by atoms with van der Waals surface area (Å²) in [6, 6.07) is 0. The smallest absolute Gasteiger partial charge is 0.272 e. The van der Waals surface area contributed by atoms with E-state index in [0.29, 0.717) is 5.56 Å². The van der Waals surface area contributed by atoms with Crippen LogP contribution in [0.3, 0.4) is 0 Å². The number of alkyl halides is 2. The van der Waals surface area contributed by atoms with Gasteiger partial charge in [0.1, 0.15) is 0 Å². The summed E-state index contributed by atoms with van der Waals surface area (Å²) in [5.41, 5.74) is 1.60. The van der Waals surface area contributed by atoms with E-state index in [1.165, 1.54) is 0 Å². The predicted molar refractivity (Wildman–Crippen MR) is 46.4 cm³/mol. The molecule has 14 heavy (non-hydrogen) atoms. The number of aromatic amines is 1. The van der Waals surface area contributed by atoms with E-state index in [9.17, 15) is 13.6 Å². The van der Waals surface area contributed by atoms with Gasteiger partial charge in [-0.05, 0) is 13.8 Å². The van der Waals surface area contributed by atoms with Gasteiger partial charge in [0.05, 0.1) is 6.54 Å². The summed E-state index contributed by atoms with van der Waals surface area (Å²) in [5, 5.41) is 8.40. The number of hydrogen-bond acceptors (Lipinski definition) is 2. The van der Waals surface area contributed by atoms with Gasteiger partial charge in [-0.3, -0.25) is 9.89 Å². The van der Waals surface area contributed by atoms with Gasteiger partial charge in [0.25, 0.3) is 12.3 Å². The zero-order valence-corrected chi connectivity index (χ0v) is 7.90. The molecule has 1 aromatic heterocycles. The van der Waals surface area contributed by atoms with E-state index in [2.05, 4.69) is 15.5 Å². The SMILES string of the molecule is Cc1[nH]nc(C(=O)NCC(F)F)c1C. The van der Waals surface area contributed by atoms with Crippen molar-refractivity contribution >= 4 is 5.91 Å². The van der Waals surface area contributed by atoms with Crippen molar-refractivity contribution in [1.82, 2.24) is 15.5 Å². The third-order valence-electron chi connectivity index (χ3n) is 1.89. The minimum absolute atomic E-state index is 0.170. The number of nitrogens with zero attached hydrogens (tertiary/aromatic N) is 1. The van der Waals surface area contributed by atoms with Crippen LogP contribution in [0.2, 0.25) is 0 Å². The number of H-pyrrole nitrogens is 1. The Hall–Kier alpha value is -1.46. The summed E-state index contributed by atoms with van der Waals surface area (Å²) in [5.74, 6) is -0.577. The number of aryl methyl sites for hydroxylation is 1. The van der Waals surface area contributed by atoms with Crippen molar-refractivity contribution in [1.29, 1.82) is 0 Å². The Labute approximate surface area is 79.7 Å². The minimum Gasteiger partial charge on any atom is -0.345 e. The molecule has 1 aromatic rings. The maximum Gasteiger partial charge on any atom is 0.272 e. The Balaban J connectivity index is 2.66. The Morgan fingerprint density at radius 3 is 2.64 bits per heavy atom. The van der Waals surface area contributed by atoms with Crippen LogP contribution in [0.4, 0.5) is 8.78 Å². The van der Waals surface area contributed by atoms with Crippen molar-refractivity contribution in [2.75, 3.05) is 6.54 Å². The second-order valence-electron chi connectivity index (χ2n) is 2.92. The molecule has 0 saturated carbocycles. The van der Waals surface area contributed by atoms with Crippen molar-refractivity contribution in [2.24, 2.45) is 0 Å². The molecule has 2 N–H and O–H groups in total. The molecule has 0 aliphatic carbocycles. The molecule has 1 amide bonds. The molecule has 6 heteroatoms. The van der Waals surface area contributed by atoms with Crippen LogP contribution in [0.15, 0.2) is 0 Å². The Morgan fingerprint density at radius 2 is 2.21 bits per heavy atom. The fourth-order valence-electron chi connectivity index (χ4n) is 0.960.